The number of aromatic nitrogens is 3. The van der Waals surface area contributed by atoms with Crippen molar-refractivity contribution < 1.29 is 35.7 Å². The summed E-state index contributed by atoms with van der Waals surface area (Å²) in [5.41, 5.74) is 1.01. The fourth-order valence-electron chi connectivity index (χ4n) is 1.17. The first-order valence-corrected chi connectivity index (χ1v) is 4.51. The van der Waals surface area contributed by atoms with Crippen molar-refractivity contribution in [2.75, 3.05) is 5.43 Å². The van der Waals surface area contributed by atoms with Crippen LogP contribution in [0.3, 0.4) is 0 Å². The molecule has 5 N–H and O–H groups in total. The van der Waals surface area contributed by atoms with Gasteiger partial charge >= 0.3 is 17.8 Å². The van der Waals surface area contributed by atoms with E-state index in [9.17, 15) is 50.6 Å². The molecule has 1 aromatic rings. The van der Waals surface area contributed by atoms with Crippen molar-refractivity contribution in [2.24, 2.45) is 0 Å². The molecule has 24 heavy (non-hydrogen) atoms. The second kappa shape index (κ2) is 7.22. The highest BCUT2D eigenvalue weighted by Gasteiger charge is 2.79. The van der Waals surface area contributed by atoms with Crippen LogP contribution in [0.2, 0.25) is 0 Å². The normalized spacial score (nSPS) is 9.83. The van der Waals surface area contributed by atoms with Crippen LogP contribution in [0, 0.1) is 50.6 Å². The Balaban J connectivity index is 0. The van der Waals surface area contributed by atoms with Crippen molar-refractivity contribution in [3.63, 3.8) is 0 Å². The number of anilines is 1. The molecular formula is C3H5N9O12. The van der Waals surface area contributed by atoms with Crippen LogP contribution >= 0.6 is 0 Å². The number of nitro groups is 5. The first-order chi connectivity index (χ1) is 10.0. The summed E-state index contributed by atoms with van der Waals surface area (Å²) >= 11 is 0. The van der Waals surface area contributed by atoms with E-state index in [0.717, 1.165) is 5.43 Å². The standard InChI is InChI=1S/C3HN9O10.2H2O/c13-8(14)2-4-1(6-12(21)22)7(5-2)3(9(15)16,10(17)18)11(19)20;;/h(H,4,5,6);2*1H2. The lowest BCUT2D eigenvalue weighted by molar-refractivity contribution is -1.01. The van der Waals surface area contributed by atoms with Crippen LogP contribution in [-0.4, -0.2) is 50.4 Å². The first kappa shape index (κ1) is 22.1. The van der Waals surface area contributed by atoms with Gasteiger partial charge in [-0.3, -0.25) is 30.3 Å². The van der Waals surface area contributed by atoms with Gasteiger partial charge in [-0.05, 0) is 9.91 Å². The van der Waals surface area contributed by atoms with Crippen molar-refractivity contribution in [3.8, 4) is 0 Å². The average molecular weight is 359 g/mol. The molecule has 0 saturated heterocycles. The Labute approximate surface area is 125 Å². The quantitative estimate of drug-likeness (QED) is 0.281. The van der Waals surface area contributed by atoms with Crippen molar-refractivity contribution in [3.05, 3.63) is 50.6 Å². The summed E-state index contributed by atoms with van der Waals surface area (Å²) < 4.78 is -0.784. The molecule has 21 nitrogen and oxygen atoms in total. The third-order valence-electron chi connectivity index (χ3n) is 1.97. The van der Waals surface area contributed by atoms with Gasteiger partial charge in [0.25, 0.3) is 0 Å². The van der Waals surface area contributed by atoms with E-state index in [0.29, 0.717) is 0 Å². The zero-order valence-electron chi connectivity index (χ0n) is 10.7. The van der Waals surface area contributed by atoms with E-state index in [4.69, 9.17) is 0 Å². The van der Waals surface area contributed by atoms with Crippen LogP contribution in [0.5, 0.6) is 0 Å². The molecule has 0 saturated carbocycles. The van der Waals surface area contributed by atoms with Gasteiger partial charge in [0.05, 0.1) is 9.78 Å². The lowest BCUT2D eigenvalue weighted by Crippen LogP contribution is -2.56. The maximum absolute atomic E-state index is 10.8. The van der Waals surface area contributed by atoms with Gasteiger partial charge in [-0.2, -0.15) is 0 Å². The van der Waals surface area contributed by atoms with E-state index in [-0.39, 0.29) is 11.0 Å². The number of hydrazine groups is 1. The Morgan fingerprint density at radius 3 is 1.58 bits per heavy atom. The first-order valence-electron chi connectivity index (χ1n) is 4.51. The fraction of sp³-hybridized carbons (Fsp3) is 0.333. The molecule has 0 aliphatic carbocycles. The second-order valence-corrected chi connectivity index (χ2v) is 3.14. The highest BCUT2D eigenvalue weighted by Crippen LogP contribution is 2.24. The third kappa shape index (κ3) is 3.20. The van der Waals surface area contributed by atoms with Crippen LogP contribution in [0.25, 0.3) is 0 Å². The largest absolute Gasteiger partial charge is 0.836 e. The maximum atomic E-state index is 10.8. The SMILES string of the molecule is O.O.O=[N+]([O-])Nc1nc([N+](=O)[O-])nn1C([N+](=O)[O-])([N+](=O)[O-])[N+](=O)[O-]. The summed E-state index contributed by atoms with van der Waals surface area (Å²) in [4.78, 5) is 48.2. The van der Waals surface area contributed by atoms with Gasteiger partial charge in [0, 0.05) is 0 Å². The maximum Gasteiger partial charge on any atom is 0.836 e. The number of nitrogens with zero attached hydrogens (tertiary/aromatic N) is 8. The van der Waals surface area contributed by atoms with E-state index in [1.165, 1.54) is 0 Å². The molecule has 0 spiro atoms. The van der Waals surface area contributed by atoms with Gasteiger partial charge in [-0.1, -0.05) is 5.43 Å². The molecule has 0 atom stereocenters. The van der Waals surface area contributed by atoms with Gasteiger partial charge in [0.1, 0.15) is 0 Å². The molecule has 134 valence electrons. The van der Waals surface area contributed by atoms with E-state index in [1.54, 1.807) is 0 Å². The monoisotopic (exact) mass is 359 g/mol. The highest BCUT2D eigenvalue weighted by molar-refractivity contribution is 5.26. The zero-order valence-corrected chi connectivity index (χ0v) is 10.7. The Kier molecular flexibility index (Phi) is 6.67. The molecular weight excluding hydrogens is 354 g/mol. The Bertz CT molecular complexity index is 656. The van der Waals surface area contributed by atoms with Crippen molar-refractivity contribution in [2.45, 2.75) is 5.91 Å². The number of nitrogens with one attached hydrogen (secondary N) is 1. The molecule has 0 aliphatic rings. The average Bonchev–Trinajstić information content (AvgIpc) is 2.72. The summed E-state index contributed by atoms with van der Waals surface area (Å²) in [5, 5.41) is 54.2. The molecule has 0 bridgehead atoms. The molecule has 0 aliphatic heterocycles. The number of hydrogen-bond acceptors (Lipinski definition) is 12. The van der Waals surface area contributed by atoms with Crippen molar-refractivity contribution in [1.29, 1.82) is 0 Å². The summed E-state index contributed by atoms with van der Waals surface area (Å²) in [7, 11) is 0. The van der Waals surface area contributed by atoms with Crippen LogP contribution in [-0.2, 0) is 5.91 Å². The Morgan fingerprint density at radius 2 is 1.29 bits per heavy atom. The van der Waals surface area contributed by atoms with Crippen LogP contribution in [0.15, 0.2) is 0 Å². The molecule has 21 heteroatoms. The molecule has 1 aromatic heterocycles. The summed E-state index contributed by atoms with van der Waals surface area (Å²) in [5.74, 6) is -7.61. The smallest absolute Gasteiger partial charge is 0.412 e. The van der Waals surface area contributed by atoms with Gasteiger partial charge in [-0.15, -0.1) is 0 Å². The van der Waals surface area contributed by atoms with Crippen LogP contribution in [0.4, 0.5) is 11.9 Å². The van der Waals surface area contributed by atoms with E-state index >= 15 is 0 Å². The number of rotatable bonds is 7. The fourth-order valence-corrected chi connectivity index (χ4v) is 1.17. The minimum Gasteiger partial charge on any atom is -0.412 e. The number of hydrogen-bond donors (Lipinski definition) is 1. The van der Waals surface area contributed by atoms with E-state index in [2.05, 4.69) is 10.1 Å². The van der Waals surface area contributed by atoms with Crippen molar-refractivity contribution in [1.82, 2.24) is 14.8 Å². The lowest BCUT2D eigenvalue weighted by Gasteiger charge is -2.05. The summed E-state index contributed by atoms with van der Waals surface area (Å²) in [6.45, 7) is 0. The van der Waals surface area contributed by atoms with Gasteiger partial charge in [0.15, 0.2) is 5.03 Å². The van der Waals surface area contributed by atoms with E-state index < -0.39 is 47.2 Å². The molecule has 0 aromatic carbocycles. The van der Waals surface area contributed by atoms with Gasteiger partial charge in [-0.25, -0.2) is 10.1 Å². The summed E-state index contributed by atoms with van der Waals surface area (Å²) in [6.07, 6.45) is 0. The van der Waals surface area contributed by atoms with E-state index in [1.807, 2.05) is 0 Å². The predicted octanol–water partition coefficient (Wildman–Crippen LogP) is -3.46. The molecule has 0 unspecified atom stereocenters. The summed E-state index contributed by atoms with van der Waals surface area (Å²) in [6, 6.07) is 0. The van der Waals surface area contributed by atoms with Crippen molar-refractivity contribution >= 4 is 11.9 Å². The molecule has 0 amide bonds. The van der Waals surface area contributed by atoms with Gasteiger partial charge < -0.3 is 21.1 Å². The molecule has 1 heterocycles. The van der Waals surface area contributed by atoms with Crippen LogP contribution < -0.4 is 5.43 Å². The minimum absolute atomic E-state index is 0. The molecule has 0 fully saturated rings. The molecule has 1 rings (SSSR count). The lowest BCUT2D eigenvalue weighted by atomic mass is 10.6. The highest BCUT2D eigenvalue weighted by atomic mass is 16.7. The Hall–Kier alpha value is -4.14. The molecule has 0 radical (unpaired) electrons. The zero-order chi connectivity index (χ0) is 17.2. The van der Waals surface area contributed by atoms with Gasteiger partial charge in [0.2, 0.25) is 14.8 Å². The van der Waals surface area contributed by atoms with Crippen LogP contribution in [0.1, 0.15) is 0 Å². The second-order valence-electron chi connectivity index (χ2n) is 3.14. The third-order valence-corrected chi connectivity index (χ3v) is 1.97. The topological polar surface area (TPSA) is 321 Å². The minimum atomic E-state index is -4.49. The Morgan fingerprint density at radius 1 is 0.875 bits per heavy atom. The predicted molar refractivity (Wildman–Crippen MR) is 63.5 cm³/mol.